The van der Waals surface area contributed by atoms with E-state index in [-0.39, 0.29) is 5.92 Å². The Hall–Kier alpha value is -0.530. The molecule has 0 spiro atoms. The number of rotatable bonds is 3. The van der Waals surface area contributed by atoms with Crippen molar-refractivity contribution in [2.75, 3.05) is 0 Å². The summed E-state index contributed by atoms with van der Waals surface area (Å²) in [5, 5.41) is 8.94. The molecule has 0 atom stereocenters. The molecule has 0 radical (unpaired) electrons. The second kappa shape index (κ2) is 7.03. The minimum Gasteiger partial charge on any atom is -0.481 e. The molecule has 1 aliphatic rings. The van der Waals surface area contributed by atoms with E-state index in [4.69, 9.17) is 5.11 Å². The van der Waals surface area contributed by atoms with Crippen LogP contribution >= 0.6 is 0 Å². The zero-order valence-corrected chi connectivity index (χ0v) is 12.4. The van der Waals surface area contributed by atoms with Crippen molar-refractivity contribution in [3.8, 4) is 0 Å². The molecule has 0 aromatic heterocycles. The van der Waals surface area contributed by atoms with Crippen LogP contribution in [0.5, 0.6) is 0 Å². The van der Waals surface area contributed by atoms with Crippen molar-refractivity contribution in [3.63, 3.8) is 0 Å². The summed E-state index contributed by atoms with van der Waals surface area (Å²) < 4.78 is 0. The van der Waals surface area contributed by atoms with Gasteiger partial charge in [-0.2, -0.15) is 0 Å². The molecule has 0 unspecified atom stereocenters. The Morgan fingerprint density at radius 1 is 1.12 bits per heavy atom. The lowest BCUT2D eigenvalue weighted by Crippen LogP contribution is -2.34. The van der Waals surface area contributed by atoms with Crippen LogP contribution in [0.2, 0.25) is 0 Å². The molecule has 2 nitrogen and oxygen atoms in total. The molecular formula is C15H30O2. The van der Waals surface area contributed by atoms with Crippen LogP contribution in [-0.4, -0.2) is 11.1 Å². The standard InChI is InChI=1S/C13H24O2.C2H6/c1-9(2)13(3,4)11-7-5-10(6-8-11)12(14)15;1-2/h9-11H,5-8H2,1-4H3,(H,14,15);1-2H3. The van der Waals surface area contributed by atoms with Gasteiger partial charge in [0.05, 0.1) is 5.92 Å². The average molecular weight is 242 g/mol. The first-order valence-electron chi connectivity index (χ1n) is 7.08. The maximum absolute atomic E-state index is 10.8. The molecule has 0 amide bonds. The van der Waals surface area contributed by atoms with E-state index in [2.05, 4.69) is 27.7 Å². The van der Waals surface area contributed by atoms with Gasteiger partial charge >= 0.3 is 5.97 Å². The van der Waals surface area contributed by atoms with Gasteiger partial charge < -0.3 is 5.11 Å². The third-order valence-corrected chi connectivity index (χ3v) is 4.62. The van der Waals surface area contributed by atoms with Crippen molar-refractivity contribution in [3.05, 3.63) is 0 Å². The van der Waals surface area contributed by atoms with E-state index in [0.717, 1.165) is 25.7 Å². The van der Waals surface area contributed by atoms with Crippen LogP contribution < -0.4 is 0 Å². The highest BCUT2D eigenvalue weighted by Crippen LogP contribution is 2.44. The van der Waals surface area contributed by atoms with Gasteiger partial charge in [-0.15, -0.1) is 0 Å². The van der Waals surface area contributed by atoms with Crippen LogP contribution in [0, 0.1) is 23.2 Å². The Balaban J connectivity index is 0.00000121. The predicted molar refractivity (Wildman–Crippen MR) is 73.1 cm³/mol. The molecule has 0 aromatic carbocycles. The van der Waals surface area contributed by atoms with Crippen LogP contribution in [0.1, 0.15) is 67.2 Å². The summed E-state index contributed by atoms with van der Waals surface area (Å²) in [5.74, 6) is 0.692. The molecule has 0 bridgehead atoms. The molecular weight excluding hydrogens is 212 g/mol. The first kappa shape index (κ1) is 16.5. The topological polar surface area (TPSA) is 37.3 Å². The van der Waals surface area contributed by atoms with Gasteiger partial charge in [0.2, 0.25) is 0 Å². The number of carboxylic acid groups (broad SMARTS) is 1. The van der Waals surface area contributed by atoms with E-state index in [1.807, 2.05) is 13.8 Å². The summed E-state index contributed by atoms with van der Waals surface area (Å²) in [4.78, 5) is 10.8. The van der Waals surface area contributed by atoms with Gasteiger partial charge in [-0.1, -0.05) is 41.5 Å². The Morgan fingerprint density at radius 3 is 1.82 bits per heavy atom. The lowest BCUT2D eigenvalue weighted by atomic mass is 9.64. The van der Waals surface area contributed by atoms with E-state index >= 15 is 0 Å². The number of carboxylic acids is 1. The Morgan fingerprint density at radius 2 is 1.53 bits per heavy atom. The molecule has 0 aliphatic heterocycles. The smallest absolute Gasteiger partial charge is 0.306 e. The van der Waals surface area contributed by atoms with Crippen LogP contribution in [0.3, 0.4) is 0 Å². The van der Waals surface area contributed by atoms with Crippen molar-refractivity contribution < 1.29 is 9.90 Å². The molecule has 0 saturated heterocycles. The van der Waals surface area contributed by atoms with Crippen LogP contribution in [-0.2, 0) is 4.79 Å². The van der Waals surface area contributed by atoms with Crippen molar-refractivity contribution >= 4 is 5.97 Å². The quantitative estimate of drug-likeness (QED) is 0.786. The monoisotopic (exact) mass is 242 g/mol. The zero-order valence-electron chi connectivity index (χ0n) is 12.4. The summed E-state index contributed by atoms with van der Waals surface area (Å²) in [6, 6.07) is 0. The SMILES string of the molecule is CC.CC(C)C(C)(C)C1CCC(C(=O)O)CC1. The lowest BCUT2D eigenvalue weighted by Gasteiger charge is -2.41. The van der Waals surface area contributed by atoms with Crippen LogP contribution in [0.4, 0.5) is 0 Å². The van der Waals surface area contributed by atoms with Crippen molar-refractivity contribution in [1.82, 2.24) is 0 Å². The fraction of sp³-hybridized carbons (Fsp3) is 0.933. The first-order valence-corrected chi connectivity index (χ1v) is 7.08. The molecule has 1 aliphatic carbocycles. The molecule has 1 rings (SSSR count). The minimum absolute atomic E-state index is 0.0794. The molecule has 0 heterocycles. The van der Waals surface area contributed by atoms with Gasteiger partial charge in [0.15, 0.2) is 0 Å². The van der Waals surface area contributed by atoms with E-state index in [1.165, 1.54) is 0 Å². The van der Waals surface area contributed by atoms with Crippen molar-refractivity contribution in [2.45, 2.75) is 67.2 Å². The Bertz CT molecular complexity index is 223. The van der Waals surface area contributed by atoms with Crippen molar-refractivity contribution in [1.29, 1.82) is 0 Å². The second-order valence-electron chi connectivity index (χ2n) is 5.86. The largest absolute Gasteiger partial charge is 0.481 e. The zero-order chi connectivity index (χ0) is 13.6. The summed E-state index contributed by atoms with van der Waals surface area (Å²) in [7, 11) is 0. The molecule has 1 fully saturated rings. The van der Waals surface area contributed by atoms with E-state index < -0.39 is 5.97 Å². The van der Waals surface area contributed by atoms with E-state index in [0.29, 0.717) is 17.3 Å². The highest BCUT2D eigenvalue weighted by atomic mass is 16.4. The minimum atomic E-state index is -0.601. The predicted octanol–water partition coefficient (Wildman–Crippen LogP) is 4.59. The molecule has 0 aromatic rings. The van der Waals surface area contributed by atoms with E-state index in [1.54, 1.807) is 0 Å². The molecule has 17 heavy (non-hydrogen) atoms. The maximum Gasteiger partial charge on any atom is 0.306 e. The highest BCUT2D eigenvalue weighted by Gasteiger charge is 2.36. The number of hydrogen-bond donors (Lipinski definition) is 1. The van der Waals surface area contributed by atoms with Gasteiger partial charge in [-0.25, -0.2) is 0 Å². The normalized spacial score (nSPS) is 25.1. The fourth-order valence-electron chi connectivity index (χ4n) is 2.56. The van der Waals surface area contributed by atoms with Gasteiger partial charge in [-0.3, -0.25) is 4.79 Å². The lowest BCUT2D eigenvalue weighted by molar-refractivity contribution is -0.143. The van der Waals surface area contributed by atoms with Gasteiger partial charge in [-0.05, 0) is 42.9 Å². The number of hydrogen-bond acceptors (Lipinski definition) is 1. The van der Waals surface area contributed by atoms with Gasteiger partial charge in [0, 0.05) is 0 Å². The summed E-state index contributed by atoms with van der Waals surface area (Å²) >= 11 is 0. The second-order valence-corrected chi connectivity index (χ2v) is 5.86. The Kier molecular flexibility index (Phi) is 6.81. The van der Waals surface area contributed by atoms with Gasteiger partial charge in [0.25, 0.3) is 0 Å². The van der Waals surface area contributed by atoms with Crippen molar-refractivity contribution in [2.24, 2.45) is 23.2 Å². The number of aliphatic carboxylic acids is 1. The fourth-order valence-corrected chi connectivity index (χ4v) is 2.56. The molecule has 2 heteroatoms. The summed E-state index contributed by atoms with van der Waals surface area (Å²) in [5.41, 5.74) is 0.351. The molecule has 1 N–H and O–H groups in total. The van der Waals surface area contributed by atoms with Crippen LogP contribution in [0.15, 0.2) is 0 Å². The summed E-state index contributed by atoms with van der Waals surface area (Å²) in [6.45, 7) is 13.2. The first-order chi connectivity index (χ1) is 7.85. The Labute approximate surface area is 107 Å². The third-order valence-electron chi connectivity index (χ3n) is 4.62. The maximum atomic E-state index is 10.8. The molecule has 102 valence electrons. The number of carbonyl (C=O) groups is 1. The third kappa shape index (κ3) is 4.33. The van der Waals surface area contributed by atoms with E-state index in [9.17, 15) is 4.79 Å². The van der Waals surface area contributed by atoms with Gasteiger partial charge in [0.1, 0.15) is 0 Å². The summed E-state index contributed by atoms with van der Waals surface area (Å²) in [6.07, 6.45) is 3.91. The average Bonchev–Trinajstić information content (AvgIpc) is 2.31. The van der Waals surface area contributed by atoms with Crippen LogP contribution in [0.25, 0.3) is 0 Å². The highest BCUT2D eigenvalue weighted by molar-refractivity contribution is 5.69. The molecule has 1 saturated carbocycles.